The minimum Gasteiger partial charge on any atom is -0.485 e. The Balaban J connectivity index is 2.16. The molecule has 130 valence electrons. The molecule has 0 radical (unpaired) electrons. The predicted molar refractivity (Wildman–Crippen MR) is 91.6 cm³/mol. The van der Waals surface area contributed by atoms with Crippen LogP contribution in [0.25, 0.3) is 0 Å². The molecule has 0 amide bonds. The molecule has 2 heterocycles. The first kappa shape index (κ1) is 17.1. The molecular formula is C18H21N5O2. The zero-order valence-electron chi connectivity index (χ0n) is 14.7. The molecule has 1 aromatic carbocycles. The summed E-state index contributed by atoms with van der Waals surface area (Å²) < 4.78 is 5.96. The number of hydrogen-bond donors (Lipinski definition) is 2. The van der Waals surface area contributed by atoms with E-state index in [0.717, 1.165) is 5.56 Å². The van der Waals surface area contributed by atoms with Gasteiger partial charge in [-0.25, -0.2) is 0 Å². The Bertz CT molecular complexity index is 816. The lowest BCUT2D eigenvalue weighted by Gasteiger charge is -2.45. The molecule has 0 saturated carbocycles. The van der Waals surface area contributed by atoms with Crippen molar-refractivity contribution >= 4 is 5.96 Å². The van der Waals surface area contributed by atoms with Gasteiger partial charge in [0.05, 0.1) is 23.2 Å². The average molecular weight is 339 g/mol. The average Bonchev–Trinajstić information content (AvgIpc) is 2.83. The van der Waals surface area contributed by atoms with Gasteiger partial charge >= 0.3 is 0 Å². The van der Waals surface area contributed by atoms with Gasteiger partial charge in [0.25, 0.3) is 0 Å². The van der Waals surface area contributed by atoms with Crippen LogP contribution in [0.1, 0.15) is 44.9 Å². The second kappa shape index (κ2) is 5.65. The zero-order chi connectivity index (χ0) is 18.4. The second-order valence-corrected chi connectivity index (χ2v) is 7.63. The van der Waals surface area contributed by atoms with Gasteiger partial charge in [-0.05, 0) is 45.9 Å². The molecule has 1 saturated heterocycles. The predicted octanol–water partition coefficient (Wildman–Crippen LogP) is 1.65. The molecule has 0 bridgehead atoms. The molecule has 0 aromatic heterocycles. The summed E-state index contributed by atoms with van der Waals surface area (Å²) in [5, 5.41) is 32.5. The number of nitrogens with zero attached hydrogens (tertiary/aromatic N) is 4. The third-order valence-electron chi connectivity index (χ3n) is 4.62. The quantitative estimate of drug-likeness (QED) is 0.754. The Morgan fingerprint density at radius 1 is 1.32 bits per heavy atom. The molecule has 25 heavy (non-hydrogen) atoms. The Morgan fingerprint density at radius 2 is 2.04 bits per heavy atom. The van der Waals surface area contributed by atoms with E-state index in [9.17, 15) is 10.4 Å². The van der Waals surface area contributed by atoms with Gasteiger partial charge < -0.3 is 20.1 Å². The van der Waals surface area contributed by atoms with Crippen molar-refractivity contribution in [1.29, 1.82) is 10.5 Å². The number of hydrogen-bond acceptors (Lipinski definition) is 5. The first-order valence-electron chi connectivity index (χ1n) is 8.11. The minimum atomic E-state index is -0.867. The van der Waals surface area contributed by atoms with Crippen LogP contribution >= 0.6 is 0 Å². The molecule has 0 spiro atoms. The number of nitrogens with one attached hydrogen (secondary N) is 1. The maximum absolute atomic E-state index is 11.0. The van der Waals surface area contributed by atoms with Crippen molar-refractivity contribution in [2.75, 3.05) is 6.54 Å². The van der Waals surface area contributed by atoms with E-state index < -0.39 is 17.7 Å². The minimum absolute atomic E-state index is 0.301. The number of rotatable bonds is 1. The van der Waals surface area contributed by atoms with Crippen molar-refractivity contribution in [2.45, 2.75) is 51.0 Å². The Kier molecular flexibility index (Phi) is 3.85. The molecular weight excluding hydrogens is 318 g/mol. The molecule has 7 nitrogen and oxygen atoms in total. The maximum atomic E-state index is 11.0. The van der Waals surface area contributed by atoms with Crippen molar-refractivity contribution in [1.82, 2.24) is 10.2 Å². The summed E-state index contributed by atoms with van der Waals surface area (Å²) >= 11 is 0. The molecule has 1 aromatic rings. The van der Waals surface area contributed by atoms with Gasteiger partial charge in [-0.3, -0.25) is 0 Å². The Labute approximate surface area is 147 Å². The fraction of sp³-hybridized carbons (Fsp3) is 0.500. The maximum Gasteiger partial charge on any atom is 0.211 e. The standard InChI is InChI=1S/C18H21N5O2/c1-17(2)9-23(16(22-17)21-10-20)14-12-7-11(8-19)5-6-13(12)25-18(3,4)15(14)24/h5-7,14-15,24H,9H2,1-4H3,(H,21,22). The van der Waals surface area contributed by atoms with E-state index >= 15 is 0 Å². The number of benzene rings is 1. The lowest BCUT2D eigenvalue weighted by molar-refractivity contribution is -0.0810. The van der Waals surface area contributed by atoms with Crippen molar-refractivity contribution < 1.29 is 9.84 Å². The summed E-state index contributed by atoms with van der Waals surface area (Å²) in [6, 6.07) is 6.82. The fourth-order valence-electron chi connectivity index (χ4n) is 3.46. The van der Waals surface area contributed by atoms with Gasteiger partial charge in [-0.15, -0.1) is 4.99 Å². The molecule has 0 aliphatic carbocycles. The highest BCUT2D eigenvalue weighted by Crippen LogP contribution is 2.44. The van der Waals surface area contributed by atoms with E-state index in [4.69, 9.17) is 10.00 Å². The molecule has 3 rings (SSSR count). The summed E-state index contributed by atoms with van der Waals surface area (Å²) in [6.45, 7) is 8.21. The van der Waals surface area contributed by atoms with E-state index in [0.29, 0.717) is 23.8 Å². The number of fused-ring (bicyclic) bond motifs is 1. The number of ether oxygens (including phenoxy) is 1. The molecule has 2 N–H and O–H groups in total. The number of aliphatic hydroxyl groups is 1. The highest BCUT2D eigenvalue weighted by molar-refractivity contribution is 5.84. The third kappa shape index (κ3) is 2.88. The summed E-state index contributed by atoms with van der Waals surface area (Å²) in [4.78, 5) is 5.78. The Morgan fingerprint density at radius 3 is 2.68 bits per heavy atom. The van der Waals surface area contributed by atoms with Crippen LogP contribution in [0, 0.1) is 22.8 Å². The van der Waals surface area contributed by atoms with Crippen LogP contribution in [-0.4, -0.2) is 39.8 Å². The summed E-state index contributed by atoms with van der Waals surface area (Å²) in [6.07, 6.45) is 0.950. The van der Waals surface area contributed by atoms with Crippen LogP contribution in [0.3, 0.4) is 0 Å². The first-order chi connectivity index (χ1) is 11.7. The number of aliphatic hydroxyl groups excluding tert-OH is 1. The smallest absolute Gasteiger partial charge is 0.211 e. The largest absolute Gasteiger partial charge is 0.485 e. The van der Waals surface area contributed by atoms with E-state index in [-0.39, 0.29) is 5.54 Å². The highest BCUT2D eigenvalue weighted by Gasteiger charge is 2.49. The van der Waals surface area contributed by atoms with Crippen LogP contribution in [0.4, 0.5) is 0 Å². The molecule has 7 heteroatoms. The van der Waals surface area contributed by atoms with E-state index in [1.165, 1.54) is 0 Å². The monoisotopic (exact) mass is 339 g/mol. The molecule has 1 fully saturated rings. The van der Waals surface area contributed by atoms with Crippen molar-refractivity contribution in [3.05, 3.63) is 29.3 Å². The first-order valence-corrected chi connectivity index (χ1v) is 8.11. The third-order valence-corrected chi connectivity index (χ3v) is 4.62. The van der Waals surface area contributed by atoms with Gasteiger partial charge in [-0.2, -0.15) is 10.5 Å². The van der Waals surface area contributed by atoms with Gasteiger partial charge in [0.1, 0.15) is 17.5 Å². The van der Waals surface area contributed by atoms with E-state index in [1.807, 2.05) is 38.8 Å². The summed E-state index contributed by atoms with van der Waals surface area (Å²) in [5.74, 6) is 1.04. The van der Waals surface area contributed by atoms with Crippen LogP contribution in [0.15, 0.2) is 23.2 Å². The van der Waals surface area contributed by atoms with Crippen LogP contribution < -0.4 is 10.1 Å². The zero-order valence-corrected chi connectivity index (χ0v) is 14.7. The van der Waals surface area contributed by atoms with Crippen LogP contribution in [-0.2, 0) is 0 Å². The van der Waals surface area contributed by atoms with Gasteiger partial charge in [-0.1, -0.05) is 0 Å². The van der Waals surface area contributed by atoms with Gasteiger partial charge in [0.2, 0.25) is 12.2 Å². The lowest BCUT2D eigenvalue weighted by atomic mass is 9.85. The normalized spacial score (nSPS) is 27.6. The van der Waals surface area contributed by atoms with Crippen molar-refractivity contribution in [3.63, 3.8) is 0 Å². The molecule has 2 atom stereocenters. The van der Waals surface area contributed by atoms with Crippen LogP contribution in [0.5, 0.6) is 5.75 Å². The second-order valence-electron chi connectivity index (χ2n) is 7.63. The number of guanidine groups is 1. The summed E-state index contributed by atoms with van der Waals surface area (Å²) in [7, 11) is 0. The Hall–Kier alpha value is -2.77. The molecule has 2 aliphatic rings. The SMILES string of the molecule is CC1(C)CN(C2c3cc(C#N)ccc3OC(C)(C)C2O)/C(=N/C#N)N1. The van der Waals surface area contributed by atoms with Gasteiger partial charge in [0, 0.05) is 12.1 Å². The topological polar surface area (TPSA) is 105 Å². The fourth-order valence-corrected chi connectivity index (χ4v) is 3.46. The van der Waals surface area contributed by atoms with Crippen molar-refractivity contribution in [2.24, 2.45) is 4.99 Å². The van der Waals surface area contributed by atoms with E-state index in [1.54, 1.807) is 18.2 Å². The number of aliphatic imine (C=N–C) groups is 1. The lowest BCUT2D eigenvalue weighted by Crippen LogP contribution is -2.54. The number of nitriles is 2. The van der Waals surface area contributed by atoms with Crippen LogP contribution in [0.2, 0.25) is 0 Å². The molecule has 2 unspecified atom stereocenters. The highest BCUT2D eigenvalue weighted by atomic mass is 16.5. The van der Waals surface area contributed by atoms with Gasteiger partial charge in [0.15, 0.2) is 0 Å². The summed E-state index contributed by atoms with van der Waals surface area (Å²) in [5.41, 5.74) is 0.0849. The van der Waals surface area contributed by atoms with E-state index in [2.05, 4.69) is 16.4 Å². The molecule has 2 aliphatic heterocycles. The van der Waals surface area contributed by atoms with Crippen molar-refractivity contribution in [3.8, 4) is 18.0 Å².